The summed E-state index contributed by atoms with van der Waals surface area (Å²) in [5.41, 5.74) is 0. The highest BCUT2D eigenvalue weighted by Crippen LogP contribution is 2.09. The van der Waals surface area contributed by atoms with Gasteiger partial charge in [0.15, 0.2) is 11.8 Å². The molecule has 94 valence electrons. The lowest BCUT2D eigenvalue weighted by Crippen LogP contribution is -1.98. The molecular weight excluding hydrogens is 204 g/mol. The lowest BCUT2D eigenvalue weighted by Gasteiger charge is -2.03. The summed E-state index contributed by atoms with van der Waals surface area (Å²) in [6.07, 6.45) is 8.33. The Labute approximate surface area is 98.4 Å². The van der Waals surface area contributed by atoms with E-state index in [9.17, 15) is 0 Å². The van der Waals surface area contributed by atoms with Gasteiger partial charge in [0.05, 0.1) is 14.2 Å². The number of hydrogen-bond acceptors (Lipinski definition) is 4. The van der Waals surface area contributed by atoms with Gasteiger partial charge in [0.1, 0.15) is 0 Å². The third kappa shape index (κ3) is 9.49. The molecule has 0 bridgehead atoms. The average molecular weight is 228 g/mol. The largest absolute Gasteiger partial charge is 0.484 e. The van der Waals surface area contributed by atoms with Crippen molar-refractivity contribution in [1.82, 2.24) is 0 Å². The quantitative estimate of drug-likeness (QED) is 0.361. The Morgan fingerprint density at radius 1 is 0.688 bits per heavy atom. The van der Waals surface area contributed by atoms with Gasteiger partial charge in [0, 0.05) is 12.8 Å². The first-order chi connectivity index (χ1) is 7.70. The van der Waals surface area contributed by atoms with Gasteiger partial charge in [-0.3, -0.25) is 10.8 Å². The van der Waals surface area contributed by atoms with Crippen LogP contribution < -0.4 is 0 Å². The lowest BCUT2D eigenvalue weighted by atomic mass is 10.1. The molecule has 4 heteroatoms. The van der Waals surface area contributed by atoms with Crippen molar-refractivity contribution >= 4 is 11.8 Å². The van der Waals surface area contributed by atoms with E-state index < -0.39 is 0 Å². The molecule has 0 aromatic heterocycles. The zero-order chi connectivity index (χ0) is 12.2. The summed E-state index contributed by atoms with van der Waals surface area (Å²) in [6.45, 7) is 0. The highest BCUT2D eigenvalue weighted by Gasteiger charge is 1.97. The molecule has 0 saturated carbocycles. The third-order valence-corrected chi connectivity index (χ3v) is 2.55. The molecule has 16 heavy (non-hydrogen) atoms. The molecule has 0 amide bonds. The molecule has 0 radical (unpaired) electrons. The van der Waals surface area contributed by atoms with Crippen molar-refractivity contribution < 1.29 is 9.47 Å². The normalized spacial score (nSPS) is 9.88. The van der Waals surface area contributed by atoms with Crippen LogP contribution in [0.5, 0.6) is 0 Å². The van der Waals surface area contributed by atoms with Gasteiger partial charge in [-0.2, -0.15) is 0 Å². The molecule has 0 aliphatic carbocycles. The third-order valence-electron chi connectivity index (χ3n) is 2.55. The average Bonchev–Trinajstić information content (AvgIpc) is 2.31. The van der Waals surface area contributed by atoms with Gasteiger partial charge in [-0.25, -0.2) is 0 Å². The maximum Gasteiger partial charge on any atom is 0.180 e. The second kappa shape index (κ2) is 10.5. The van der Waals surface area contributed by atoms with Crippen molar-refractivity contribution in [2.75, 3.05) is 14.2 Å². The van der Waals surface area contributed by atoms with Crippen LogP contribution in [0, 0.1) is 10.8 Å². The van der Waals surface area contributed by atoms with Crippen molar-refractivity contribution in [2.24, 2.45) is 0 Å². The van der Waals surface area contributed by atoms with E-state index in [1.165, 1.54) is 12.8 Å². The Bertz CT molecular complexity index is 183. The van der Waals surface area contributed by atoms with Gasteiger partial charge in [-0.05, 0) is 12.8 Å². The lowest BCUT2D eigenvalue weighted by molar-refractivity contribution is 0.380. The Morgan fingerprint density at radius 2 is 1.00 bits per heavy atom. The molecule has 0 spiro atoms. The van der Waals surface area contributed by atoms with Gasteiger partial charge < -0.3 is 9.47 Å². The first-order valence-corrected chi connectivity index (χ1v) is 5.93. The summed E-state index contributed by atoms with van der Waals surface area (Å²) in [6, 6.07) is 0. The Morgan fingerprint density at radius 3 is 1.31 bits per heavy atom. The van der Waals surface area contributed by atoms with Crippen LogP contribution in [0.1, 0.15) is 51.4 Å². The summed E-state index contributed by atoms with van der Waals surface area (Å²) in [7, 11) is 3.10. The fourth-order valence-electron chi connectivity index (χ4n) is 1.48. The standard InChI is InChI=1S/C12H24N2O2/c1-15-11(13)9-7-5-3-4-6-8-10-12(14)16-2/h13-14H,3-10H2,1-2H3. The van der Waals surface area contributed by atoms with E-state index in [1.54, 1.807) is 14.2 Å². The fraction of sp³-hybridized carbons (Fsp3) is 0.833. The van der Waals surface area contributed by atoms with Crippen molar-refractivity contribution in [2.45, 2.75) is 51.4 Å². The summed E-state index contributed by atoms with van der Waals surface area (Å²) < 4.78 is 9.56. The van der Waals surface area contributed by atoms with Crippen LogP contribution in [0.15, 0.2) is 0 Å². The van der Waals surface area contributed by atoms with Crippen LogP contribution in [-0.4, -0.2) is 26.0 Å². The highest BCUT2D eigenvalue weighted by molar-refractivity contribution is 5.72. The van der Waals surface area contributed by atoms with Gasteiger partial charge in [-0.1, -0.05) is 25.7 Å². The number of ether oxygens (including phenoxy) is 2. The predicted octanol–water partition coefficient (Wildman–Crippen LogP) is 3.35. The molecular formula is C12H24N2O2. The van der Waals surface area contributed by atoms with E-state index in [1.807, 2.05) is 0 Å². The number of rotatable bonds is 9. The molecule has 0 aliphatic rings. The fourth-order valence-corrected chi connectivity index (χ4v) is 1.48. The molecule has 0 aromatic carbocycles. The second-order valence-electron chi connectivity index (χ2n) is 3.88. The van der Waals surface area contributed by atoms with E-state index in [0.717, 1.165) is 38.5 Å². The Kier molecular flexibility index (Phi) is 9.76. The van der Waals surface area contributed by atoms with Crippen molar-refractivity contribution in [1.29, 1.82) is 10.8 Å². The minimum Gasteiger partial charge on any atom is -0.484 e. The zero-order valence-electron chi connectivity index (χ0n) is 10.5. The van der Waals surface area contributed by atoms with Crippen LogP contribution in [-0.2, 0) is 9.47 Å². The minimum atomic E-state index is 0.383. The van der Waals surface area contributed by atoms with Crippen molar-refractivity contribution in [3.8, 4) is 0 Å². The van der Waals surface area contributed by atoms with Crippen LogP contribution in [0.3, 0.4) is 0 Å². The number of unbranched alkanes of at least 4 members (excludes halogenated alkanes) is 5. The Hall–Kier alpha value is -1.06. The summed E-state index contributed by atoms with van der Waals surface area (Å²) in [5, 5.41) is 14.6. The topological polar surface area (TPSA) is 66.2 Å². The van der Waals surface area contributed by atoms with Crippen LogP contribution >= 0.6 is 0 Å². The summed E-state index contributed by atoms with van der Waals surface area (Å²) in [4.78, 5) is 0. The number of hydrogen-bond donors (Lipinski definition) is 2. The molecule has 0 atom stereocenters. The van der Waals surface area contributed by atoms with Gasteiger partial charge >= 0.3 is 0 Å². The van der Waals surface area contributed by atoms with E-state index in [-0.39, 0.29) is 0 Å². The summed E-state index contributed by atoms with van der Waals surface area (Å²) in [5.74, 6) is 0.766. The molecule has 0 rings (SSSR count). The maximum atomic E-state index is 7.29. The smallest absolute Gasteiger partial charge is 0.180 e. The molecule has 0 aromatic rings. The molecule has 2 N–H and O–H groups in total. The van der Waals surface area contributed by atoms with Crippen LogP contribution in [0.25, 0.3) is 0 Å². The molecule has 0 fully saturated rings. The number of methoxy groups -OCH3 is 2. The molecule has 0 heterocycles. The predicted molar refractivity (Wildman–Crippen MR) is 66.4 cm³/mol. The van der Waals surface area contributed by atoms with E-state index in [2.05, 4.69) is 0 Å². The molecule has 0 unspecified atom stereocenters. The van der Waals surface area contributed by atoms with E-state index in [4.69, 9.17) is 20.3 Å². The molecule has 0 saturated heterocycles. The first kappa shape index (κ1) is 14.9. The SMILES string of the molecule is COC(=N)CCCCCCCCC(=N)OC. The first-order valence-electron chi connectivity index (χ1n) is 5.93. The van der Waals surface area contributed by atoms with Crippen LogP contribution in [0.2, 0.25) is 0 Å². The van der Waals surface area contributed by atoms with Crippen molar-refractivity contribution in [3.63, 3.8) is 0 Å². The Balaban J connectivity index is 3.10. The zero-order valence-corrected chi connectivity index (χ0v) is 10.5. The molecule has 4 nitrogen and oxygen atoms in total. The van der Waals surface area contributed by atoms with Gasteiger partial charge in [0.25, 0.3) is 0 Å². The monoisotopic (exact) mass is 228 g/mol. The van der Waals surface area contributed by atoms with Gasteiger partial charge in [0.2, 0.25) is 0 Å². The highest BCUT2D eigenvalue weighted by atomic mass is 16.5. The maximum absolute atomic E-state index is 7.29. The van der Waals surface area contributed by atoms with E-state index >= 15 is 0 Å². The summed E-state index contributed by atoms with van der Waals surface area (Å²) >= 11 is 0. The molecule has 0 aliphatic heterocycles. The minimum absolute atomic E-state index is 0.383. The van der Waals surface area contributed by atoms with Gasteiger partial charge in [-0.15, -0.1) is 0 Å². The number of nitrogens with one attached hydrogen (secondary N) is 2. The van der Waals surface area contributed by atoms with E-state index in [0.29, 0.717) is 11.8 Å². The second-order valence-corrected chi connectivity index (χ2v) is 3.88. The van der Waals surface area contributed by atoms with Crippen molar-refractivity contribution in [3.05, 3.63) is 0 Å². The van der Waals surface area contributed by atoms with Crippen LogP contribution in [0.4, 0.5) is 0 Å².